The molecule has 2 amide bonds. The summed E-state index contributed by atoms with van der Waals surface area (Å²) < 4.78 is 13.2. The number of nitrogens with zero attached hydrogens (tertiary/aromatic N) is 4. The predicted octanol–water partition coefficient (Wildman–Crippen LogP) is 1.57. The van der Waals surface area contributed by atoms with Gasteiger partial charge >= 0.3 is 0 Å². The van der Waals surface area contributed by atoms with Crippen LogP contribution in [0.5, 0.6) is 0 Å². The molecular formula is C24H28FN5O2. The predicted molar refractivity (Wildman–Crippen MR) is 121 cm³/mol. The van der Waals surface area contributed by atoms with E-state index in [9.17, 15) is 14.0 Å². The first-order chi connectivity index (χ1) is 15.5. The first kappa shape index (κ1) is 20.9. The van der Waals surface area contributed by atoms with E-state index >= 15 is 0 Å². The van der Waals surface area contributed by atoms with Crippen molar-refractivity contribution in [1.29, 1.82) is 0 Å². The van der Waals surface area contributed by atoms with Gasteiger partial charge in [-0.05, 0) is 43.4 Å². The lowest BCUT2D eigenvalue weighted by Gasteiger charge is -2.41. The van der Waals surface area contributed by atoms with E-state index in [1.807, 2.05) is 42.3 Å². The maximum absolute atomic E-state index is 13.5. The second kappa shape index (κ2) is 8.52. The number of hydrazine groups is 1. The molecule has 1 N–H and O–H groups in total. The molecule has 2 aromatic carbocycles. The number of anilines is 2. The number of carbonyl (C=O) groups is 2. The van der Waals surface area contributed by atoms with Gasteiger partial charge in [0.25, 0.3) is 0 Å². The van der Waals surface area contributed by atoms with E-state index in [1.165, 1.54) is 12.1 Å². The SMILES string of the molecule is CN1CC(C(=O)N2CCN(c3ccc(F)cc3)CC2)C2NN(c3ccccc3)C(=O)C2C1. The number of hydrogen-bond acceptors (Lipinski definition) is 5. The minimum atomic E-state index is -0.284. The third-order valence-electron chi connectivity index (χ3n) is 6.81. The molecule has 2 aromatic rings. The van der Waals surface area contributed by atoms with E-state index in [2.05, 4.69) is 15.2 Å². The van der Waals surface area contributed by atoms with Gasteiger partial charge in [0.05, 0.1) is 23.6 Å². The maximum Gasteiger partial charge on any atom is 0.247 e. The minimum Gasteiger partial charge on any atom is -0.368 e. The molecule has 0 saturated carbocycles. The normalized spacial score (nSPS) is 26.4. The topological polar surface area (TPSA) is 59.1 Å². The largest absolute Gasteiger partial charge is 0.368 e. The number of nitrogens with one attached hydrogen (secondary N) is 1. The third-order valence-corrected chi connectivity index (χ3v) is 6.81. The molecular weight excluding hydrogens is 409 g/mol. The van der Waals surface area contributed by atoms with E-state index in [-0.39, 0.29) is 35.5 Å². The van der Waals surface area contributed by atoms with Crippen LogP contribution in [-0.2, 0) is 9.59 Å². The second-order valence-corrected chi connectivity index (χ2v) is 8.89. The molecule has 3 heterocycles. The van der Waals surface area contributed by atoms with Gasteiger partial charge in [-0.3, -0.25) is 9.59 Å². The highest BCUT2D eigenvalue weighted by Gasteiger charge is 2.51. The first-order valence-corrected chi connectivity index (χ1v) is 11.1. The Labute approximate surface area is 187 Å². The molecule has 0 bridgehead atoms. The lowest BCUT2D eigenvalue weighted by Crippen LogP contribution is -2.59. The van der Waals surface area contributed by atoms with Crippen molar-refractivity contribution in [3.63, 3.8) is 0 Å². The lowest BCUT2D eigenvalue weighted by atomic mass is 9.84. The van der Waals surface area contributed by atoms with Gasteiger partial charge < -0.3 is 14.7 Å². The van der Waals surface area contributed by atoms with Gasteiger partial charge in [0.2, 0.25) is 11.8 Å². The molecule has 8 heteroatoms. The van der Waals surface area contributed by atoms with Crippen molar-refractivity contribution in [2.45, 2.75) is 6.04 Å². The summed E-state index contributed by atoms with van der Waals surface area (Å²) in [4.78, 5) is 32.9. The number of fused-ring (bicyclic) bond motifs is 1. The standard InChI is InChI=1S/C24H28FN5O2/c1-27-15-20(22-21(16-27)24(32)30(26-22)19-5-3-2-4-6-19)23(31)29-13-11-28(12-14-29)18-9-7-17(25)8-10-18/h2-10,20-22,26H,11-16H2,1H3. The van der Waals surface area contributed by atoms with Gasteiger partial charge in [-0.15, -0.1) is 0 Å². The highest BCUT2D eigenvalue weighted by molar-refractivity contribution is 5.98. The lowest BCUT2D eigenvalue weighted by molar-refractivity contribution is -0.139. The summed E-state index contributed by atoms with van der Waals surface area (Å²) in [5, 5.41) is 1.61. The van der Waals surface area contributed by atoms with Gasteiger partial charge in [0, 0.05) is 45.0 Å². The molecule has 0 aliphatic carbocycles. The summed E-state index contributed by atoms with van der Waals surface area (Å²) in [6.07, 6.45) is 0. The molecule has 3 saturated heterocycles. The molecule has 0 radical (unpaired) electrons. The summed E-state index contributed by atoms with van der Waals surface area (Å²) >= 11 is 0. The Balaban J connectivity index is 1.28. The molecule has 32 heavy (non-hydrogen) atoms. The van der Waals surface area contributed by atoms with Crippen LogP contribution in [0.2, 0.25) is 0 Å². The van der Waals surface area contributed by atoms with Crippen LogP contribution in [0.25, 0.3) is 0 Å². The summed E-state index contributed by atoms with van der Waals surface area (Å²) in [5.41, 5.74) is 5.12. The fraction of sp³-hybridized carbons (Fsp3) is 0.417. The van der Waals surface area contributed by atoms with Crippen molar-refractivity contribution in [1.82, 2.24) is 15.2 Å². The fourth-order valence-electron chi connectivity index (χ4n) is 5.13. The Morgan fingerprint density at radius 1 is 0.938 bits per heavy atom. The number of piperidine rings is 1. The van der Waals surface area contributed by atoms with Gasteiger partial charge in [0.1, 0.15) is 5.82 Å². The summed E-state index contributed by atoms with van der Waals surface area (Å²) in [7, 11) is 1.97. The van der Waals surface area contributed by atoms with Crippen LogP contribution in [0.4, 0.5) is 15.8 Å². The molecule has 5 rings (SSSR count). The zero-order chi connectivity index (χ0) is 22.2. The molecule has 3 unspecified atom stereocenters. The number of benzene rings is 2. The Kier molecular flexibility index (Phi) is 5.57. The van der Waals surface area contributed by atoms with Gasteiger partial charge in [0.15, 0.2) is 0 Å². The first-order valence-electron chi connectivity index (χ1n) is 11.1. The van der Waals surface area contributed by atoms with Crippen LogP contribution in [0.1, 0.15) is 0 Å². The smallest absolute Gasteiger partial charge is 0.247 e. The molecule has 3 atom stereocenters. The summed E-state index contributed by atoms with van der Waals surface area (Å²) in [5.74, 6) is -0.661. The van der Waals surface area contributed by atoms with E-state index in [4.69, 9.17) is 0 Å². The highest BCUT2D eigenvalue weighted by atomic mass is 19.1. The molecule has 0 aromatic heterocycles. The van der Waals surface area contributed by atoms with Crippen LogP contribution in [0.15, 0.2) is 54.6 Å². The van der Waals surface area contributed by atoms with Crippen molar-refractivity contribution in [2.75, 3.05) is 56.2 Å². The zero-order valence-corrected chi connectivity index (χ0v) is 18.2. The highest BCUT2D eigenvalue weighted by Crippen LogP contribution is 2.32. The Morgan fingerprint density at radius 2 is 1.62 bits per heavy atom. The number of carbonyl (C=O) groups excluding carboxylic acids is 2. The zero-order valence-electron chi connectivity index (χ0n) is 18.2. The summed E-state index contributed by atoms with van der Waals surface area (Å²) in [6, 6.07) is 15.8. The van der Waals surface area contributed by atoms with Crippen molar-refractivity contribution >= 4 is 23.2 Å². The number of halogens is 1. The van der Waals surface area contributed by atoms with Crippen molar-refractivity contribution in [3.8, 4) is 0 Å². The Hall–Kier alpha value is -2.97. The number of rotatable bonds is 3. The average molecular weight is 438 g/mol. The van der Waals surface area contributed by atoms with E-state index in [0.717, 1.165) is 11.4 Å². The molecule has 168 valence electrons. The fourth-order valence-corrected chi connectivity index (χ4v) is 5.13. The molecule has 3 aliphatic rings. The number of para-hydroxylation sites is 1. The van der Waals surface area contributed by atoms with Crippen LogP contribution < -0.4 is 15.3 Å². The van der Waals surface area contributed by atoms with E-state index in [0.29, 0.717) is 39.3 Å². The quantitative estimate of drug-likeness (QED) is 0.790. The van der Waals surface area contributed by atoms with Crippen LogP contribution in [-0.4, -0.2) is 74.0 Å². The Morgan fingerprint density at radius 3 is 2.31 bits per heavy atom. The van der Waals surface area contributed by atoms with Crippen molar-refractivity contribution in [2.24, 2.45) is 11.8 Å². The van der Waals surface area contributed by atoms with Crippen LogP contribution >= 0.6 is 0 Å². The average Bonchev–Trinajstić information content (AvgIpc) is 3.15. The van der Waals surface area contributed by atoms with E-state index < -0.39 is 0 Å². The molecule has 7 nitrogen and oxygen atoms in total. The van der Waals surface area contributed by atoms with Crippen molar-refractivity contribution < 1.29 is 14.0 Å². The van der Waals surface area contributed by atoms with E-state index in [1.54, 1.807) is 17.1 Å². The second-order valence-electron chi connectivity index (χ2n) is 8.89. The number of likely N-dealkylation sites (tertiary alicyclic amines) is 1. The third kappa shape index (κ3) is 3.84. The molecule has 3 aliphatic heterocycles. The van der Waals surface area contributed by atoms with Crippen molar-refractivity contribution in [3.05, 3.63) is 60.4 Å². The van der Waals surface area contributed by atoms with Gasteiger partial charge in [-0.2, -0.15) is 0 Å². The van der Waals surface area contributed by atoms with Gasteiger partial charge in [-0.1, -0.05) is 18.2 Å². The monoisotopic (exact) mass is 437 g/mol. The number of hydrogen-bond donors (Lipinski definition) is 1. The van der Waals surface area contributed by atoms with Crippen LogP contribution in [0, 0.1) is 17.7 Å². The number of amides is 2. The minimum absolute atomic E-state index is 0.0201. The Bertz CT molecular complexity index is 978. The molecule has 3 fully saturated rings. The number of piperazine rings is 1. The molecule has 0 spiro atoms. The van der Waals surface area contributed by atoms with Gasteiger partial charge in [-0.25, -0.2) is 14.8 Å². The summed E-state index contributed by atoms with van der Waals surface area (Å²) in [6.45, 7) is 3.91. The van der Waals surface area contributed by atoms with Crippen LogP contribution in [0.3, 0.4) is 0 Å². The maximum atomic E-state index is 13.5.